The number of unbranched alkanes of at least 4 members (excludes halogenated alkanes) is 33. The number of rotatable bonds is 44. The SMILES string of the molecule is CCCCCCC/C=C\C/C=C\CCCCCCCCCCCCCC(=O)NC(CO)C(O)/C=C/CCCCCCCCCCCCCCCCCCC. The summed E-state index contributed by atoms with van der Waals surface area (Å²) in [5.74, 6) is -0.0644. The molecule has 0 rings (SSSR count). The Balaban J connectivity index is 3.54. The Labute approximate surface area is 338 Å². The van der Waals surface area contributed by atoms with E-state index in [1.54, 1.807) is 6.08 Å². The van der Waals surface area contributed by atoms with Gasteiger partial charge in [0, 0.05) is 6.42 Å². The van der Waals surface area contributed by atoms with Crippen LogP contribution in [-0.4, -0.2) is 34.9 Å². The maximum absolute atomic E-state index is 12.4. The van der Waals surface area contributed by atoms with Gasteiger partial charge in [-0.25, -0.2) is 0 Å². The minimum Gasteiger partial charge on any atom is -0.394 e. The Morgan fingerprint density at radius 2 is 0.759 bits per heavy atom. The molecule has 0 aliphatic heterocycles. The van der Waals surface area contributed by atoms with E-state index < -0.39 is 12.1 Å². The highest BCUT2D eigenvalue weighted by atomic mass is 16.3. The lowest BCUT2D eigenvalue weighted by molar-refractivity contribution is -0.123. The molecule has 0 aromatic heterocycles. The zero-order valence-electron chi connectivity index (χ0n) is 36.5. The first-order valence-corrected chi connectivity index (χ1v) is 24.2. The van der Waals surface area contributed by atoms with Crippen LogP contribution in [0.15, 0.2) is 36.5 Å². The van der Waals surface area contributed by atoms with Crippen LogP contribution in [0.5, 0.6) is 0 Å². The van der Waals surface area contributed by atoms with Crippen molar-refractivity contribution in [3.05, 3.63) is 36.5 Å². The number of carbonyl (C=O) groups excluding carboxylic acids is 1. The molecule has 0 aromatic rings. The highest BCUT2D eigenvalue weighted by Gasteiger charge is 2.18. The molecule has 4 nitrogen and oxygen atoms in total. The van der Waals surface area contributed by atoms with Crippen molar-refractivity contribution in [2.75, 3.05) is 6.61 Å². The molecule has 2 unspecified atom stereocenters. The van der Waals surface area contributed by atoms with Gasteiger partial charge in [-0.15, -0.1) is 0 Å². The minimum absolute atomic E-state index is 0.0644. The summed E-state index contributed by atoms with van der Waals surface area (Å²) in [6.07, 6.45) is 61.2. The maximum Gasteiger partial charge on any atom is 0.220 e. The lowest BCUT2D eigenvalue weighted by atomic mass is 10.0. The van der Waals surface area contributed by atoms with Crippen LogP contribution < -0.4 is 5.32 Å². The van der Waals surface area contributed by atoms with Crippen molar-refractivity contribution in [2.45, 2.75) is 270 Å². The summed E-state index contributed by atoms with van der Waals surface area (Å²) in [5.41, 5.74) is 0. The molecular weight excluding hydrogens is 663 g/mol. The Morgan fingerprint density at radius 3 is 1.11 bits per heavy atom. The molecule has 3 N–H and O–H groups in total. The quantitative estimate of drug-likeness (QED) is 0.0428. The first-order chi connectivity index (χ1) is 26.7. The predicted molar refractivity (Wildman–Crippen MR) is 239 cm³/mol. The molecule has 2 atom stereocenters. The number of hydrogen-bond donors (Lipinski definition) is 3. The van der Waals surface area contributed by atoms with Crippen LogP contribution in [0.2, 0.25) is 0 Å². The van der Waals surface area contributed by atoms with Crippen molar-refractivity contribution < 1.29 is 15.0 Å². The molecule has 0 aliphatic carbocycles. The van der Waals surface area contributed by atoms with Crippen molar-refractivity contribution >= 4 is 5.91 Å². The van der Waals surface area contributed by atoms with E-state index in [-0.39, 0.29) is 12.5 Å². The summed E-state index contributed by atoms with van der Waals surface area (Å²) in [7, 11) is 0. The van der Waals surface area contributed by atoms with Crippen LogP contribution in [0.1, 0.15) is 258 Å². The minimum atomic E-state index is -0.839. The van der Waals surface area contributed by atoms with Crippen molar-refractivity contribution in [3.63, 3.8) is 0 Å². The second-order valence-electron chi connectivity index (χ2n) is 16.5. The summed E-state index contributed by atoms with van der Waals surface area (Å²) < 4.78 is 0. The lowest BCUT2D eigenvalue weighted by Crippen LogP contribution is -2.45. The summed E-state index contributed by atoms with van der Waals surface area (Å²) in [6, 6.07) is -0.622. The molecule has 0 spiro atoms. The van der Waals surface area contributed by atoms with Crippen LogP contribution in [0, 0.1) is 0 Å². The fourth-order valence-electron chi connectivity index (χ4n) is 7.39. The van der Waals surface area contributed by atoms with Crippen molar-refractivity contribution in [1.82, 2.24) is 5.32 Å². The van der Waals surface area contributed by atoms with Crippen molar-refractivity contribution in [3.8, 4) is 0 Å². The first-order valence-electron chi connectivity index (χ1n) is 24.2. The average molecular weight is 758 g/mol. The smallest absolute Gasteiger partial charge is 0.220 e. The number of aliphatic hydroxyl groups is 2. The van der Waals surface area contributed by atoms with Gasteiger partial charge in [-0.05, 0) is 51.4 Å². The Kier molecular flexibility index (Phi) is 44.8. The third-order valence-corrected chi connectivity index (χ3v) is 11.1. The van der Waals surface area contributed by atoms with Crippen LogP contribution in [-0.2, 0) is 4.79 Å². The van der Waals surface area contributed by atoms with Crippen LogP contribution in [0.3, 0.4) is 0 Å². The van der Waals surface area contributed by atoms with Gasteiger partial charge < -0.3 is 15.5 Å². The summed E-state index contributed by atoms with van der Waals surface area (Å²) in [4.78, 5) is 12.4. The van der Waals surface area contributed by atoms with Gasteiger partial charge in [0.25, 0.3) is 0 Å². The van der Waals surface area contributed by atoms with Crippen molar-refractivity contribution in [2.24, 2.45) is 0 Å². The highest BCUT2D eigenvalue weighted by Crippen LogP contribution is 2.16. The van der Waals surface area contributed by atoms with E-state index in [1.807, 2.05) is 6.08 Å². The number of hydrogen-bond acceptors (Lipinski definition) is 3. The maximum atomic E-state index is 12.4. The third kappa shape index (κ3) is 41.8. The monoisotopic (exact) mass is 758 g/mol. The van der Waals surface area contributed by atoms with Crippen LogP contribution >= 0.6 is 0 Å². The number of allylic oxidation sites excluding steroid dienone is 5. The molecule has 54 heavy (non-hydrogen) atoms. The molecule has 0 saturated heterocycles. The van der Waals surface area contributed by atoms with Gasteiger partial charge in [0.15, 0.2) is 0 Å². The van der Waals surface area contributed by atoms with E-state index in [9.17, 15) is 15.0 Å². The number of nitrogens with one attached hydrogen (secondary N) is 1. The molecule has 0 saturated carbocycles. The molecule has 4 heteroatoms. The molecule has 0 aromatic carbocycles. The highest BCUT2D eigenvalue weighted by molar-refractivity contribution is 5.76. The fraction of sp³-hybridized carbons (Fsp3) is 0.860. The molecule has 0 bridgehead atoms. The second-order valence-corrected chi connectivity index (χ2v) is 16.5. The zero-order chi connectivity index (χ0) is 39.3. The second kappa shape index (κ2) is 46.0. The largest absolute Gasteiger partial charge is 0.394 e. The van der Waals surface area contributed by atoms with Gasteiger partial charge in [0.05, 0.1) is 18.8 Å². The third-order valence-electron chi connectivity index (χ3n) is 11.1. The molecule has 0 fully saturated rings. The van der Waals surface area contributed by atoms with E-state index in [1.165, 1.54) is 205 Å². The Bertz CT molecular complexity index is 821. The Morgan fingerprint density at radius 1 is 0.444 bits per heavy atom. The van der Waals surface area contributed by atoms with E-state index >= 15 is 0 Å². The van der Waals surface area contributed by atoms with Gasteiger partial charge in [0.1, 0.15) is 0 Å². The van der Waals surface area contributed by atoms with Gasteiger partial charge in [-0.3, -0.25) is 4.79 Å². The molecule has 0 radical (unpaired) electrons. The van der Waals surface area contributed by atoms with E-state index in [0.29, 0.717) is 6.42 Å². The molecular formula is C50H95NO3. The summed E-state index contributed by atoms with van der Waals surface area (Å²) in [6.45, 7) is 4.31. The molecule has 1 amide bonds. The Hall–Kier alpha value is -1.39. The van der Waals surface area contributed by atoms with Crippen LogP contribution in [0.4, 0.5) is 0 Å². The topological polar surface area (TPSA) is 69.6 Å². The molecule has 0 heterocycles. The number of amides is 1. The van der Waals surface area contributed by atoms with Crippen LogP contribution in [0.25, 0.3) is 0 Å². The normalized spacial score (nSPS) is 13.2. The predicted octanol–water partition coefficient (Wildman–Crippen LogP) is 15.4. The fourth-order valence-corrected chi connectivity index (χ4v) is 7.39. The molecule has 0 aliphatic rings. The van der Waals surface area contributed by atoms with E-state index in [2.05, 4.69) is 43.5 Å². The number of carbonyl (C=O) groups is 1. The zero-order valence-corrected chi connectivity index (χ0v) is 36.5. The summed E-state index contributed by atoms with van der Waals surface area (Å²) >= 11 is 0. The average Bonchev–Trinajstić information content (AvgIpc) is 3.18. The van der Waals surface area contributed by atoms with Gasteiger partial charge in [-0.1, -0.05) is 237 Å². The van der Waals surface area contributed by atoms with Crippen molar-refractivity contribution in [1.29, 1.82) is 0 Å². The van der Waals surface area contributed by atoms with Gasteiger partial charge in [-0.2, -0.15) is 0 Å². The standard InChI is InChI=1S/C50H95NO3/c1-3-5-7-9-11-13-15-17-19-21-23-24-25-26-28-30-32-34-36-38-40-42-44-46-50(54)51-48(47-52)49(53)45-43-41-39-37-35-33-31-29-27-22-20-18-16-14-12-10-8-6-4-2/h15,17,21,23,43,45,48-49,52-53H,3-14,16,18-20,22,24-42,44,46-47H2,1-2H3,(H,51,54)/b17-15-,23-21-,45-43+. The van der Waals surface area contributed by atoms with Gasteiger partial charge in [0.2, 0.25) is 5.91 Å². The van der Waals surface area contributed by atoms with Gasteiger partial charge >= 0.3 is 0 Å². The number of aliphatic hydroxyl groups excluding tert-OH is 2. The van der Waals surface area contributed by atoms with E-state index in [0.717, 1.165) is 32.1 Å². The lowest BCUT2D eigenvalue weighted by Gasteiger charge is -2.20. The first kappa shape index (κ1) is 52.6. The summed E-state index contributed by atoms with van der Waals surface area (Å²) in [5, 5.41) is 23.1. The van der Waals surface area contributed by atoms with E-state index in [4.69, 9.17) is 0 Å². The molecule has 318 valence electrons.